The van der Waals surface area contributed by atoms with Crippen LogP contribution in [0.3, 0.4) is 0 Å². The fourth-order valence-corrected chi connectivity index (χ4v) is 5.21. The molecule has 0 atom stereocenters. The number of nitrogens with zero attached hydrogens (tertiary/aromatic N) is 1. The van der Waals surface area contributed by atoms with Crippen molar-refractivity contribution in [2.75, 3.05) is 29.2 Å². The van der Waals surface area contributed by atoms with Crippen molar-refractivity contribution in [2.24, 2.45) is 0 Å². The number of benzene rings is 4. The lowest BCUT2D eigenvalue weighted by molar-refractivity contribution is -0.125. The van der Waals surface area contributed by atoms with Crippen molar-refractivity contribution < 1.29 is 23.9 Å². The Hall–Kier alpha value is -5.50. The average Bonchev–Trinajstić information content (AvgIpc) is 3.45. The number of esters is 1. The standard InChI is InChI=1S/C35H31N3O5/c1-23-19-26(35(42)43-2)13-15-29(23)30(22-39)34(24-9-5-3-6-10-24)37-28-14-16-31-25(20-28)17-18-38(31)33(41)21-32(40)36-27-11-7-4-8-12-27/h3-16,19-20,22,37H,17-18,21H2,1-2H3,(H,36,40)/b34-30+. The highest BCUT2D eigenvalue weighted by Gasteiger charge is 2.26. The van der Waals surface area contributed by atoms with Crippen LogP contribution in [0.1, 0.15) is 39.0 Å². The van der Waals surface area contributed by atoms with E-state index in [2.05, 4.69) is 10.6 Å². The van der Waals surface area contributed by atoms with Gasteiger partial charge >= 0.3 is 5.97 Å². The van der Waals surface area contributed by atoms with Crippen LogP contribution in [-0.2, 0) is 25.5 Å². The molecule has 0 saturated carbocycles. The van der Waals surface area contributed by atoms with Gasteiger partial charge in [0.15, 0.2) is 6.29 Å². The average molecular weight is 574 g/mol. The van der Waals surface area contributed by atoms with E-state index in [-0.39, 0.29) is 18.2 Å². The molecule has 0 spiro atoms. The molecule has 0 radical (unpaired) electrons. The van der Waals surface area contributed by atoms with Gasteiger partial charge in [-0.3, -0.25) is 14.4 Å². The topological polar surface area (TPSA) is 105 Å². The van der Waals surface area contributed by atoms with E-state index in [0.717, 1.165) is 34.4 Å². The molecule has 1 aliphatic heterocycles. The van der Waals surface area contributed by atoms with Gasteiger partial charge in [-0.2, -0.15) is 0 Å². The minimum atomic E-state index is -0.449. The summed E-state index contributed by atoms with van der Waals surface area (Å²) in [6, 6.07) is 29.3. The molecule has 0 unspecified atom stereocenters. The lowest BCUT2D eigenvalue weighted by Crippen LogP contribution is -2.32. The van der Waals surface area contributed by atoms with Crippen molar-refractivity contribution in [1.82, 2.24) is 0 Å². The van der Waals surface area contributed by atoms with Gasteiger partial charge in [0.2, 0.25) is 11.8 Å². The van der Waals surface area contributed by atoms with Crippen LogP contribution in [-0.4, -0.2) is 37.7 Å². The first kappa shape index (κ1) is 29.0. The third-order valence-corrected chi connectivity index (χ3v) is 7.30. The Morgan fingerprint density at radius 1 is 0.837 bits per heavy atom. The lowest BCUT2D eigenvalue weighted by atomic mass is 9.95. The SMILES string of the molecule is COC(=O)c1ccc(/C(C=O)=C(/Nc2ccc3c(c2)CCN3C(=O)CC(=O)Nc2ccccc2)c2ccccc2)c(C)c1. The molecule has 4 aromatic rings. The number of hydrogen-bond donors (Lipinski definition) is 2. The van der Waals surface area contributed by atoms with E-state index in [1.54, 1.807) is 35.2 Å². The minimum absolute atomic E-state index is 0.258. The first-order valence-corrected chi connectivity index (χ1v) is 13.9. The van der Waals surface area contributed by atoms with Gasteiger partial charge in [0.05, 0.1) is 18.4 Å². The molecule has 8 heteroatoms. The number of carbonyl (C=O) groups is 4. The number of aryl methyl sites for hydroxylation is 1. The monoisotopic (exact) mass is 573 g/mol. The quantitative estimate of drug-likeness (QED) is 0.0852. The zero-order valence-electron chi connectivity index (χ0n) is 23.9. The summed E-state index contributed by atoms with van der Waals surface area (Å²) in [5.74, 6) is -1.08. The van der Waals surface area contributed by atoms with Crippen molar-refractivity contribution in [2.45, 2.75) is 19.8 Å². The molecule has 0 fully saturated rings. The summed E-state index contributed by atoms with van der Waals surface area (Å²) < 4.78 is 4.84. The second kappa shape index (κ2) is 13.0. The van der Waals surface area contributed by atoms with Crippen LogP contribution in [0, 0.1) is 6.92 Å². The van der Waals surface area contributed by atoms with Gasteiger partial charge in [0.1, 0.15) is 6.42 Å². The summed E-state index contributed by atoms with van der Waals surface area (Å²) in [7, 11) is 1.33. The predicted molar refractivity (Wildman–Crippen MR) is 168 cm³/mol. The molecular formula is C35H31N3O5. The van der Waals surface area contributed by atoms with E-state index >= 15 is 0 Å². The van der Waals surface area contributed by atoms with E-state index in [1.807, 2.05) is 73.7 Å². The summed E-state index contributed by atoms with van der Waals surface area (Å²) in [6.07, 6.45) is 1.19. The largest absolute Gasteiger partial charge is 0.465 e. The van der Waals surface area contributed by atoms with Gasteiger partial charge in [-0.05, 0) is 78.1 Å². The fraction of sp³-hybridized carbons (Fsp3) is 0.143. The maximum atomic E-state index is 13.0. The number of anilines is 3. The Morgan fingerprint density at radius 2 is 1.56 bits per heavy atom. The van der Waals surface area contributed by atoms with Gasteiger partial charge in [0, 0.05) is 29.2 Å². The van der Waals surface area contributed by atoms with Crippen molar-refractivity contribution in [3.8, 4) is 0 Å². The molecule has 5 rings (SSSR count). The van der Waals surface area contributed by atoms with Gasteiger partial charge in [-0.15, -0.1) is 0 Å². The van der Waals surface area contributed by atoms with Gasteiger partial charge < -0.3 is 20.3 Å². The van der Waals surface area contributed by atoms with E-state index in [0.29, 0.717) is 41.1 Å². The number of para-hydroxylation sites is 1. The molecule has 4 aromatic carbocycles. The van der Waals surface area contributed by atoms with Crippen LogP contribution >= 0.6 is 0 Å². The maximum Gasteiger partial charge on any atom is 0.337 e. The first-order chi connectivity index (χ1) is 20.9. The predicted octanol–water partition coefficient (Wildman–Crippen LogP) is 5.88. The van der Waals surface area contributed by atoms with Gasteiger partial charge in [0.25, 0.3) is 0 Å². The van der Waals surface area contributed by atoms with E-state index in [4.69, 9.17) is 4.74 Å². The number of aldehydes is 1. The highest BCUT2D eigenvalue weighted by atomic mass is 16.5. The Kier molecular flexibility index (Phi) is 8.77. The number of amides is 2. The summed E-state index contributed by atoms with van der Waals surface area (Å²) in [5, 5.41) is 6.20. The number of allylic oxidation sites excluding steroid dienone is 1. The number of rotatable bonds is 9. The van der Waals surface area contributed by atoms with Crippen molar-refractivity contribution in [3.05, 3.63) is 125 Å². The van der Waals surface area contributed by atoms with Crippen LogP contribution in [0.4, 0.5) is 17.1 Å². The Balaban J connectivity index is 1.41. The number of methoxy groups -OCH3 is 1. The van der Waals surface area contributed by atoms with Gasteiger partial charge in [-0.25, -0.2) is 4.79 Å². The summed E-state index contributed by atoms with van der Waals surface area (Å²) >= 11 is 0. The van der Waals surface area contributed by atoms with Crippen molar-refractivity contribution >= 4 is 52.4 Å². The highest BCUT2D eigenvalue weighted by molar-refractivity contribution is 6.19. The van der Waals surface area contributed by atoms with Crippen LogP contribution < -0.4 is 15.5 Å². The maximum absolute atomic E-state index is 13.0. The molecule has 8 nitrogen and oxygen atoms in total. The molecule has 0 aromatic heterocycles. The summed E-state index contributed by atoms with van der Waals surface area (Å²) in [6.45, 7) is 2.32. The molecule has 1 heterocycles. The van der Waals surface area contributed by atoms with E-state index in [1.165, 1.54) is 7.11 Å². The molecule has 1 aliphatic rings. The number of nitrogens with one attached hydrogen (secondary N) is 2. The Bertz CT molecular complexity index is 1710. The minimum Gasteiger partial charge on any atom is -0.465 e. The number of carbonyl (C=O) groups excluding carboxylic acids is 4. The lowest BCUT2D eigenvalue weighted by Gasteiger charge is -2.19. The molecule has 43 heavy (non-hydrogen) atoms. The first-order valence-electron chi connectivity index (χ1n) is 13.9. The van der Waals surface area contributed by atoms with Crippen molar-refractivity contribution in [3.63, 3.8) is 0 Å². The van der Waals surface area contributed by atoms with Crippen LogP contribution in [0.25, 0.3) is 11.3 Å². The van der Waals surface area contributed by atoms with Crippen LogP contribution in [0.5, 0.6) is 0 Å². The zero-order valence-corrected chi connectivity index (χ0v) is 23.9. The van der Waals surface area contributed by atoms with Gasteiger partial charge in [-0.1, -0.05) is 54.6 Å². The number of hydrogen-bond acceptors (Lipinski definition) is 6. The Morgan fingerprint density at radius 3 is 2.23 bits per heavy atom. The summed E-state index contributed by atoms with van der Waals surface area (Å²) in [5.41, 5.74) is 6.79. The van der Waals surface area contributed by atoms with E-state index in [9.17, 15) is 19.2 Å². The number of fused-ring (bicyclic) bond motifs is 1. The van der Waals surface area contributed by atoms with Crippen LogP contribution in [0.2, 0.25) is 0 Å². The van der Waals surface area contributed by atoms with Crippen LogP contribution in [0.15, 0.2) is 97.1 Å². The summed E-state index contributed by atoms with van der Waals surface area (Å²) in [4.78, 5) is 51.8. The Labute approximate surface area is 250 Å². The molecule has 216 valence electrons. The molecule has 0 aliphatic carbocycles. The second-order valence-electron chi connectivity index (χ2n) is 10.1. The van der Waals surface area contributed by atoms with E-state index < -0.39 is 5.97 Å². The molecule has 2 N–H and O–H groups in total. The third-order valence-electron chi connectivity index (χ3n) is 7.30. The molecular weight excluding hydrogens is 542 g/mol. The molecule has 0 bridgehead atoms. The van der Waals surface area contributed by atoms with Crippen molar-refractivity contribution in [1.29, 1.82) is 0 Å². The second-order valence-corrected chi connectivity index (χ2v) is 10.1. The fourth-order valence-electron chi connectivity index (χ4n) is 5.21. The zero-order chi connectivity index (χ0) is 30.3. The third kappa shape index (κ3) is 6.54. The molecule has 2 amide bonds. The number of ether oxygens (including phenoxy) is 1. The molecule has 0 saturated heterocycles. The normalized spacial score (nSPS) is 12.6. The smallest absolute Gasteiger partial charge is 0.337 e. The highest BCUT2D eigenvalue weighted by Crippen LogP contribution is 2.34.